The van der Waals surface area contributed by atoms with Crippen molar-refractivity contribution in [2.75, 3.05) is 13.2 Å². The number of aliphatic hydroxyl groups excluding tert-OH is 1. The van der Waals surface area contributed by atoms with Gasteiger partial charge in [-0.05, 0) is 38.1 Å². The molecule has 3 atom stereocenters. The van der Waals surface area contributed by atoms with Gasteiger partial charge in [0.2, 0.25) is 5.91 Å². The van der Waals surface area contributed by atoms with Crippen LogP contribution < -0.4 is 11.1 Å². The molecule has 0 aliphatic rings. The third-order valence-corrected chi connectivity index (χ3v) is 3.46. The van der Waals surface area contributed by atoms with E-state index in [1.807, 2.05) is 13.8 Å². The molecule has 0 aromatic carbocycles. The maximum Gasteiger partial charge on any atom is 0.220 e. The highest BCUT2D eigenvalue weighted by atomic mass is 16.3. The average Bonchev–Trinajstić information content (AvgIpc) is 2.33. The van der Waals surface area contributed by atoms with Gasteiger partial charge in [-0.25, -0.2) is 0 Å². The number of hydrogen-bond acceptors (Lipinski definition) is 3. The molecule has 0 aromatic rings. The fourth-order valence-electron chi connectivity index (χ4n) is 1.75. The molecular formula is C13H28N2O2. The number of amides is 1. The molecule has 0 rings (SSSR count). The van der Waals surface area contributed by atoms with Crippen molar-refractivity contribution in [3.8, 4) is 0 Å². The van der Waals surface area contributed by atoms with Gasteiger partial charge < -0.3 is 16.2 Å². The lowest BCUT2D eigenvalue weighted by molar-refractivity contribution is -0.122. The van der Waals surface area contributed by atoms with Gasteiger partial charge in [-0.2, -0.15) is 0 Å². The maximum absolute atomic E-state index is 11.7. The zero-order valence-corrected chi connectivity index (χ0v) is 11.4. The Balaban J connectivity index is 3.85. The Morgan fingerprint density at radius 3 is 2.47 bits per heavy atom. The minimum atomic E-state index is 0.0297. The molecule has 0 spiro atoms. The van der Waals surface area contributed by atoms with Gasteiger partial charge in [-0.1, -0.05) is 20.3 Å². The van der Waals surface area contributed by atoms with Gasteiger partial charge in [0.05, 0.1) is 0 Å². The highest BCUT2D eigenvalue weighted by molar-refractivity contribution is 5.76. The van der Waals surface area contributed by atoms with Crippen molar-refractivity contribution in [1.82, 2.24) is 5.32 Å². The second-order valence-corrected chi connectivity index (χ2v) is 4.91. The summed E-state index contributed by atoms with van der Waals surface area (Å²) in [6.07, 6.45) is 3.53. The van der Waals surface area contributed by atoms with Crippen LogP contribution in [0.1, 0.15) is 46.5 Å². The molecule has 102 valence electrons. The first-order chi connectivity index (χ1) is 8.04. The van der Waals surface area contributed by atoms with Crippen LogP contribution in [0.3, 0.4) is 0 Å². The summed E-state index contributed by atoms with van der Waals surface area (Å²) in [6, 6.07) is 0.0297. The van der Waals surface area contributed by atoms with E-state index in [-0.39, 0.29) is 24.5 Å². The summed E-state index contributed by atoms with van der Waals surface area (Å²) >= 11 is 0. The number of aliphatic hydroxyl groups is 1. The van der Waals surface area contributed by atoms with Crippen molar-refractivity contribution < 1.29 is 9.90 Å². The molecule has 1 amide bonds. The summed E-state index contributed by atoms with van der Waals surface area (Å²) in [4.78, 5) is 11.7. The molecule has 3 unspecified atom stereocenters. The molecule has 4 nitrogen and oxygen atoms in total. The second kappa shape index (κ2) is 9.42. The molecule has 0 saturated carbocycles. The van der Waals surface area contributed by atoms with Crippen molar-refractivity contribution in [2.45, 2.75) is 52.5 Å². The van der Waals surface area contributed by atoms with Gasteiger partial charge in [0.25, 0.3) is 0 Å². The number of carbonyl (C=O) groups is 1. The van der Waals surface area contributed by atoms with E-state index in [1.54, 1.807) is 0 Å². The number of carbonyl (C=O) groups excluding carboxylic acids is 1. The van der Waals surface area contributed by atoms with E-state index in [2.05, 4.69) is 12.2 Å². The van der Waals surface area contributed by atoms with Crippen LogP contribution >= 0.6 is 0 Å². The Morgan fingerprint density at radius 2 is 2.00 bits per heavy atom. The predicted octanol–water partition coefficient (Wildman–Crippen LogP) is 1.27. The van der Waals surface area contributed by atoms with E-state index >= 15 is 0 Å². The molecule has 0 bridgehead atoms. The van der Waals surface area contributed by atoms with Crippen LogP contribution in [0, 0.1) is 11.8 Å². The Bertz CT molecular complexity index is 210. The molecule has 0 radical (unpaired) electrons. The van der Waals surface area contributed by atoms with Crippen molar-refractivity contribution >= 4 is 5.91 Å². The number of nitrogens with one attached hydrogen (secondary N) is 1. The molecular weight excluding hydrogens is 216 g/mol. The van der Waals surface area contributed by atoms with Crippen LogP contribution in [0.5, 0.6) is 0 Å². The average molecular weight is 244 g/mol. The van der Waals surface area contributed by atoms with Gasteiger partial charge in [0.1, 0.15) is 0 Å². The minimum absolute atomic E-state index is 0.0297. The van der Waals surface area contributed by atoms with E-state index in [0.29, 0.717) is 18.9 Å². The van der Waals surface area contributed by atoms with E-state index in [4.69, 9.17) is 10.8 Å². The lowest BCUT2D eigenvalue weighted by atomic mass is 9.96. The summed E-state index contributed by atoms with van der Waals surface area (Å²) in [6.45, 7) is 6.78. The smallest absolute Gasteiger partial charge is 0.220 e. The van der Waals surface area contributed by atoms with Crippen LogP contribution in [0.2, 0.25) is 0 Å². The van der Waals surface area contributed by atoms with Gasteiger partial charge in [-0.15, -0.1) is 0 Å². The molecule has 0 aliphatic heterocycles. The molecule has 17 heavy (non-hydrogen) atoms. The molecule has 0 aromatic heterocycles. The van der Waals surface area contributed by atoms with Crippen LogP contribution in [0.25, 0.3) is 0 Å². The lowest BCUT2D eigenvalue weighted by Crippen LogP contribution is -2.38. The fraction of sp³-hybridized carbons (Fsp3) is 0.923. The van der Waals surface area contributed by atoms with E-state index in [9.17, 15) is 4.79 Å². The SMILES string of the molecule is CCC(CCN)CCC(=O)NC(C)C(C)CO. The third-order valence-electron chi connectivity index (χ3n) is 3.46. The Morgan fingerprint density at radius 1 is 1.35 bits per heavy atom. The molecule has 4 N–H and O–H groups in total. The van der Waals surface area contributed by atoms with Gasteiger partial charge in [0.15, 0.2) is 0 Å². The van der Waals surface area contributed by atoms with Crippen LogP contribution in [-0.4, -0.2) is 30.2 Å². The third kappa shape index (κ3) is 7.34. The van der Waals surface area contributed by atoms with E-state index < -0.39 is 0 Å². The Kier molecular flexibility index (Phi) is 9.09. The zero-order valence-electron chi connectivity index (χ0n) is 11.4. The van der Waals surface area contributed by atoms with Crippen molar-refractivity contribution in [2.24, 2.45) is 17.6 Å². The topological polar surface area (TPSA) is 75.4 Å². The number of nitrogens with two attached hydrogens (primary N) is 1. The summed E-state index contributed by atoms with van der Waals surface area (Å²) in [5, 5.41) is 11.9. The summed E-state index contributed by atoms with van der Waals surface area (Å²) in [5.41, 5.74) is 5.52. The molecule has 0 aliphatic carbocycles. The number of rotatable bonds is 9. The van der Waals surface area contributed by atoms with Crippen molar-refractivity contribution in [3.63, 3.8) is 0 Å². The summed E-state index contributed by atoms with van der Waals surface area (Å²) < 4.78 is 0. The highest BCUT2D eigenvalue weighted by Crippen LogP contribution is 2.14. The molecule has 0 fully saturated rings. The minimum Gasteiger partial charge on any atom is -0.396 e. The zero-order chi connectivity index (χ0) is 13.3. The first-order valence-electron chi connectivity index (χ1n) is 6.65. The standard InChI is InChI=1S/C13H28N2O2/c1-4-12(7-8-14)5-6-13(17)15-11(3)10(2)9-16/h10-12,16H,4-9,14H2,1-3H3,(H,15,17). The van der Waals surface area contributed by atoms with Crippen molar-refractivity contribution in [3.05, 3.63) is 0 Å². The molecule has 0 heterocycles. The monoisotopic (exact) mass is 244 g/mol. The maximum atomic E-state index is 11.7. The molecule has 4 heteroatoms. The Labute approximate surface area is 105 Å². The largest absolute Gasteiger partial charge is 0.396 e. The summed E-state index contributed by atoms with van der Waals surface area (Å²) in [7, 11) is 0. The first-order valence-corrected chi connectivity index (χ1v) is 6.65. The van der Waals surface area contributed by atoms with Gasteiger partial charge >= 0.3 is 0 Å². The molecule has 0 saturated heterocycles. The van der Waals surface area contributed by atoms with Crippen LogP contribution in [0.4, 0.5) is 0 Å². The first kappa shape index (κ1) is 16.4. The van der Waals surface area contributed by atoms with Gasteiger partial charge in [-0.3, -0.25) is 4.79 Å². The van der Waals surface area contributed by atoms with Crippen LogP contribution in [-0.2, 0) is 4.79 Å². The van der Waals surface area contributed by atoms with Crippen molar-refractivity contribution in [1.29, 1.82) is 0 Å². The Hall–Kier alpha value is -0.610. The summed E-state index contributed by atoms with van der Waals surface area (Å²) in [5.74, 6) is 0.731. The van der Waals surface area contributed by atoms with Gasteiger partial charge in [0, 0.05) is 19.1 Å². The predicted molar refractivity (Wildman–Crippen MR) is 70.5 cm³/mol. The second-order valence-electron chi connectivity index (χ2n) is 4.91. The fourth-order valence-corrected chi connectivity index (χ4v) is 1.75. The van der Waals surface area contributed by atoms with Crippen LogP contribution in [0.15, 0.2) is 0 Å². The normalized spacial score (nSPS) is 16.3. The number of hydrogen-bond donors (Lipinski definition) is 3. The lowest BCUT2D eigenvalue weighted by Gasteiger charge is -2.20. The quantitative estimate of drug-likeness (QED) is 0.572. The van der Waals surface area contributed by atoms with E-state index in [1.165, 1.54) is 0 Å². The highest BCUT2D eigenvalue weighted by Gasteiger charge is 2.14. The van der Waals surface area contributed by atoms with E-state index in [0.717, 1.165) is 19.3 Å².